The number of carbonyl (C=O) groups is 1. The van der Waals surface area contributed by atoms with E-state index in [1.165, 1.54) is 26.2 Å². The van der Waals surface area contributed by atoms with Gasteiger partial charge in [-0.3, -0.25) is 4.79 Å². The summed E-state index contributed by atoms with van der Waals surface area (Å²) in [6.07, 6.45) is 1.37. The first-order valence-electron chi connectivity index (χ1n) is 6.28. The number of nitrogens with zero attached hydrogens (tertiary/aromatic N) is 1. The second-order valence-electron chi connectivity index (χ2n) is 5.25. The zero-order valence-electron chi connectivity index (χ0n) is 11.5. The molecule has 7 heteroatoms. The van der Waals surface area contributed by atoms with Crippen molar-refractivity contribution >= 4 is 21.7 Å². The van der Waals surface area contributed by atoms with Gasteiger partial charge in [0.15, 0.2) is 0 Å². The van der Waals surface area contributed by atoms with Crippen molar-refractivity contribution in [3.05, 3.63) is 24.3 Å². The average Bonchev–Trinajstić information content (AvgIpc) is 3.18. The molecule has 0 radical (unpaired) electrons. The number of benzene rings is 1. The van der Waals surface area contributed by atoms with Crippen molar-refractivity contribution in [2.75, 3.05) is 26.0 Å². The van der Waals surface area contributed by atoms with E-state index >= 15 is 0 Å². The highest BCUT2D eigenvalue weighted by atomic mass is 32.2. The lowest BCUT2D eigenvalue weighted by Gasteiger charge is -2.14. The van der Waals surface area contributed by atoms with Crippen LogP contribution in [0.1, 0.15) is 12.8 Å². The van der Waals surface area contributed by atoms with Crippen molar-refractivity contribution in [1.82, 2.24) is 4.31 Å². The number of rotatable bonds is 6. The number of anilines is 1. The molecule has 1 aromatic rings. The minimum Gasteiger partial charge on any atom is -0.481 e. The maximum Gasteiger partial charge on any atom is 0.311 e. The Morgan fingerprint density at radius 1 is 1.30 bits per heavy atom. The third kappa shape index (κ3) is 2.78. The van der Waals surface area contributed by atoms with Gasteiger partial charge in [-0.2, -0.15) is 0 Å². The van der Waals surface area contributed by atoms with Crippen LogP contribution in [-0.4, -0.2) is 44.4 Å². The predicted molar refractivity (Wildman–Crippen MR) is 75.1 cm³/mol. The number of sulfonamides is 1. The largest absolute Gasteiger partial charge is 0.481 e. The fourth-order valence-electron chi connectivity index (χ4n) is 1.84. The summed E-state index contributed by atoms with van der Waals surface area (Å²) in [7, 11) is -0.472. The van der Waals surface area contributed by atoms with Gasteiger partial charge in [0, 0.05) is 26.3 Å². The smallest absolute Gasteiger partial charge is 0.311 e. The minimum atomic E-state index is -3.43. The summed E-state index contributed by atoms with van der Waals surface area (Å²) in [4.78, 5) is 11.3. The first-order chi connectivity index (χ1) is 9.28. The van der Waals surface area contributed by atoms with Gasteiger partial charge in [0.05, 0.1) is 10.3 Å². The highest BCUT2D eigenvalue weighted by Gasteiger charge is 2.49. The highest BCUT2D eigenvalue weighted by Crippen LogP contribution is 2.45. The molecule has 2 N–H and O–H groups in total. The Morgan fingerprint density at radius 3 is 2.25 bits per heavy atom. The standard InChI is InChI=1S/C13H18N2O4S/c1-15(2)20(18,19)11-5-3-10(4-6-11)14-9-13(7-8-13)12(16)17/h3-6,14H,7-9H2,1-2H3,(H,16,17). The molecule has 0 atom stereocenters. The zero-order valence-corrected chi connectivity index (χ0v) is 12.3. The number of carboxylic acids is 1. The fourth-order valence-corrected chi connectivity index (χ4v) is 2.75. The van der Waals surface area contributed by atoms with E-state index in [1.807, 2.05) is 0 Å². The van der Waals surface area contributed by atoms with Gasteiger partial charge in [-0.05, 0) is 37.1 Å². The number of hydrogen-bond donors (Lipinski definition) is 2. The highest BCUT2D eigenvalue weighted by molar-refractivity contribution is 7.89. The van der Waals surface area contributed by atoms with Crippen LogP contribution in [0.3, 0.4) is 0 Å². The molecular formula is C13H18N2O4S. The molecule has 0 aliphatic heterocycles. The van der Waals surface area contributed by atoms with Crippen molar-refractivity contribution in [2.45, 2.75) is 17.7 Å². The Hall–Kier alpha value is -1.60. The molecule has 1 aliphatic carbocycles. The SMILES string of the molecule is CN(C)S(=O)(=O)c1ccc(NCC2(C(=O)O)CC2)cc1. The Labute approximate surface area is 118 Å². The van der Waals surface area contributed by atoms with Crippen LogP contribution in [0.5, 0.6) is 0 Å². The predicted octanol–water partition coefficient (Wildman–Crippen LogP) is 1.21. The summed E-state index contributed by atoms with van der Waals surface area (Å²) in [5.41, 5.74) is 0.0733. The van der Waals surface area contributed by atoms with Gasteiger partial charge in [0.2, 0.25) is 10.0 Å². The summed E-state index contributed by atoms with van der Waals surface area (Å²) in [5.74, 6) is -0.781. The van der Waals surface area contributed by atoms with Gasteiger partial charge < -0.3 is 10.4 Å². The normalized spacial score (nSPS) is 16.9. The van der Waals surface area contributed by atoms with Crippen molar-refractivity contribution < 1.29 is 18.3 Å². The number of nitrogens with one attached hydrogen (secondary N) is 1. The van der Waals surface area contributed by atoms with E-state index in [9.17, 15) is 13.2 Å². The molecule has 0 bridgehead atoms. The molecule has 0 amide bonds. The van der Waals surface area contributed by atoms with Gasteiger partial charge in [0.25, 0.3) is 0 Å². The lowest BCUT2D eigenvalue weighted by Crippen LogP contribution is -2.24. The fraction of sp³-hybridized carbons (Fsp3) is 0.462. The first-order valence-corrected chi connectivity index (χ1v) is 7.72. The van der Waals surface area contributed by atoms with Gasteiger partial charge in [0.1, 0.15) is 0 Å². The van der Waals surface area contributed by atoms with Gasteiger partial charge in [-0.15, -0.1) is 0 Å². The van der Waals surface area contributed by atoms with Crippen molar-refractivity contribution in [1.29, 1.82) is 0 Å². The molecular weight excluding hydrogens is 280 g/mol. The van der Waals surface area contributed by atoms with E-state index in [-0.39, 0.29) is 4.90 Å². The Bertz CT molecular complexity index is 604. The van der Waals surface area contributed by atoms with E-state index in [0.717, 1.165) is 9.99 Å². The van der Waals surface area contributed by atoms with Crippen LogP contribution in [0.4, 0.5) is 5.69 Å². The topological polar surface area (TPSA) is 86.7 Å². The summed E-state index contributed by atoms with van der Waals surface area (Å²) < 4.78 is 24.9. The molecule has 0 heterocycles. The molecule has 0 saturated heterocycles. The molecule has 6 nitrogen and oxygen atoms in total. The minimum absolute atomic E-state index is 0.215. The van der Waals surface area contributed by atoms with Crippen molar-refractivity contribution in [3.8, 4) is 0 Å². The zero-order chi connectivity index (χ0) is 15.0. The molecule has 2 rings (SSSR count). The second-order valence-corrected chi connectivity index (χ2v) is 7.40. The van der Waals surface area contributed by atoms with E-state index in [2.05, 4.69) is 5.32 Å². The summed E-state index contributed by atoms with van der Waals surface area (Å²) >= 11 is 0. The average molecular weight is 298 g/mol. The molecule has 1 fully saturated rings. The van der Waals surface area contributed by atoms with Crippen molar-refractivity contribution in [2.24, 2.45) is 5.41 Å². The van der Waals surface area contributed by atoms with Crippen molar-refractivity contribution in [3.63, 3.8) is 0 Å². The van der Waals surface area contributed by atoms with Crippen LogP contribution in [0.25, 0.3) is 0 Å². The van der Waals surface area contributed by atoms with Crippen LogP contribution < -0.4 is 5.32 Å². The molecule has 0 unspecified atom stereocenters. The van der Waals surface area contributed by atoms with E-state index in [4.69, 9.17) is 5.11 Å². The Balaban J connectivity index is 2.05. The van der Waals surface area contributed by atoms with Crippen LogP contribution in [0.2, 0.25) is 0 Å². The maximum atomic E-state index is 11.9. The molecule has 0 aromatic heterocycles. The summed E-state index contributed by atoms with van der Waals surface area (Å²) in [6, 6.07) is 6.32. The second kappa shape index (κ2) is 5.06. The first kappa shape index (κ1) is 14.8. The summed E-state index contributed by atoms with van der Waals surface area (Å²) in [6.45, 7) is 0.363. The molecule has 1 aromatic carbocycles. The Morgan fingerprint density at radius 2 is 1.85 bits per heavy atom. The maximum absolute atomic E-state index is 11.9. The molecule has 110 valence electrons. The van der Waals surface area contributed by atoms with Crippen LogP contribution in [-0.2, 0) is 14.8 Å². The monoisotopic (exact) mass is 298 g/mol. The van der Waals surface area contributed by atoms with E-state index in [0.29, 0.717) is 19.4 Å². The third-order valence-corrected chi connectivity index (χ3v) is 5.40. The molecule has 20 heavy (non-hydrogen) atoms. The lowest BCUT2D eigenvalue weighted by molar-refractivity contribution is -0.142. The van der Waals surface area contributed by atoms with Crippen LogP contribution >= 0.6 is 0 Å². The van der Waals surface area contributed by atoms with E-state index in [1.54, 1.807) is 12.1 Å². The van der Waals surface area contributed by atoms with Crippen LogP contribution in [0, 0.1) is 5.41 Å². The molecule has 1 aliphatic rings. The number of hydrogen-bond acceptors (Lipinski definition) is 4. The quantitative estimate of drug-likeness (QED) is 0.824. The van der Waals surface area contributed by atoms with Gasteiger partial charge in [-0.1, -0.05) is 0 Å². The van der Waals surface area contributed by atoms with Gasteiger partial charge >= 0.3 is 5.97 Å². The van der Waals surface area contributed by atoms with E-state index < -0.39 is 21.4 Å². The number of aliphatic carboxylic acids is 1. The third-order valence-electron chi connectivity index (χ3n) is 3.57. The molecule has 0 spiro atoms. The molecule has 1 saturated carbocycles. The van der Waals surface area contributed by atoms with Crippen LogP contribution in [0.15, 0.2) is 29.2 Å². The number of carboxylic acid groups (broad SMARTS) is 1. The lowest BCUT2D eigenvalue weighted by atomic mass is 10.1. The summed E-state index contributed by atoms with van der Waals surface area (Å²) in [5, 5.41) is 12.1. The van der Waals surface area contributed by atoms with Gasteiger partial charge in [-0.25, -0.2) is 12.7 Å². The Kier molecular flexibility index (Phi) is 3.75.